The van der Waals surface area contributed by atoms with Crippen molar-refractivity contribution in [3.63, 3.8) is 0 Å². The van der Waals surface area contributed by atoms with E-state index >= 15 is 0 Å². The molecule has 3 rings (SSSR count). The number of carbonyl (C=O) groups excluding carboxylic acids is 3. The SMILES string of the molecule is O=C(O)CCOCCOCCOCCOCCNC(=O)c1ccc(N2CC(N3CCC(=O)NC3=O)C2)nc1. The van der Waals surface area contributed by atoms with Crippen molar-refractivity contribution in [3.8, 4) is 0 Å². The van der Waals surface area contributed by atoms with Gasteiger partial charge in [0.25, 0.3) is 5.91 Å². The molecule has 3 N–H and O–H groups in total. The number of aromatic nitrogens is 1. The second kappa shape index (κ2) is 15.8. The summed E-state index contributed by atoms with van der Waals surface area (Å²) in [5.41, 5.74) is 0.440. The van der Waals surface area contributed by atoms with Crippen molar-refractivity contribution in [2.24, 2.45) is 0 Å². The molecule has 0 bridgehead atoms. The molecule has 38 heavy (non-hydrogen) atoms. The number of hydrogen-bond acceptors (Lipinski definition) is 10. The number of amides is 4. The van der Waals surface area contributed by atoms with Crippen LogP contribution in [0, 0.1) is 0 Å². The minimum absolute atomic E-state index is 0.0217. The number of rotatable bonds is 18. The molecule has 0 atom stereocenters. The topological polar surface area (TPSA) is 169 Å². The highest BCUT2D eigenvalue weighted by molar-refractivity contribution is 5.97. The second-order valence-corrected chi connectivity index (χ2v) is 8.61. The summed E-state index contributed by atoms with van der Waals surface area (Å²) in [6, 6.07) is 3.17. The normalized spacial score (nSPS) is 15.8. The molecule has 0 radical (unpaired) electrons. The first-order chi connectivity index (χ1) is 18.4. The largest absolute Gasteiger partial charge is 0.481 e. The zero-order chi connectivity index (χ0) is 27.2. The number of nitrogens with zero attached hydrogens (tertiary/aromatic N) is 3. The number of urea groups is 1. The van der Waals surface area contributed by atoms with Gasteiger partial charge in [0.2, 0.25) is 5.91 Å². The second-order valence-electron chi connectivity index (χ2n) is 8.61. The van der Waals surface area contributed by atoms with Crippen LogP contribution in [-0.4, -0.2) is 124 Å². The van der Waals surface area contributed by atoms with E-state index in [-0.39, 0.29) is 36.9 Å². The summed E-state index contributed by atoms with van der Waals surface area (Å²) < 4.78 is 21.2. The standard InChI is InChI=1S/C24H35N5O9/c30-21-3-6-29(24(34)27-21)19-16-28(17-19)20-2-1-18(15-26-20)23(33)25-5-8-36-10-12-38-14-13-37-11-9-35-7-4-22(31)32/h1-2,15,19H,3-14,16-17H2,(H,25,33)(H,31,32)(H,27,30,34). The van der Waals surface area contributed by atoms with E-state index in [1.807, 2.05) is 4.90 Å². The van der Waals surface area contributed by atoms with E-state index in [0.717, 1.165) is 5.82 Å². The zero-order valence-electron chi connectivity index (χ0n) is 21.3. The van der Waals surface area contributed by atoms with Gasteiger partial charge in [-0.2, -0.15) is 0 Å². The van der Waals surface area contributed by atoms with Crippen LogP contribution in [0.5, 0.6) is 0 Å². The average molecular weight is 538 g/mol. The molecule has 2 aliphatic heterocycles. The van der Waals surface area contributed by atoms with Crippen LogP contribution in [0.3, 0.4) is 0 Å². The van der Waals surface area contributed by atoms with Crippen molar-refractivity contribution in [2.75, 3.05) is 83.9 Å². The summed E-state index contributed by atoms with van der Waals surface area (Å²) in [6.07, 6.45) is 1.81. The van der Waals surface area contributed by atoms with Gasteiger partial charge in [-0.25, -0.2) is 9.78 Å². The number of anilines is 1. The van der Waals surface area contributed by atoms with E-state index in [9.17, 15) is 19.2 Å². The van der Waals surface area contributed by atoms with Gasteiger partial charge in [-0.15, -0.1) is 0 Å². The Morgan fingerprint density at radius 3 is 2.18 bits per heavy atom. The number of imide groups is 1. The Kier molecular flexibility index (Phi) is 12.2. The van der Waals surface area contributed by atoms with E-state index < -0.39 is 5.97 Å². The molecule has 2 fully saturated rings. The molecule has 2 aliphatic rings. The van der Waals surface area contributed by atoms with Crippen LogP contribution in [0.4, 0.5) is 10.6 Å². The van der Waals surface area contributed by atoms with E-state index in [0.29, 0.717) is 84.4 Å². The zero-order valence-corrected chi connectivity index (χ0v) is 21.3. The molecule has 0 unspecified atom stereocenters. The molecule has 0 aromatic carbocycles. The van der Waals surface area contributed by atoms with E-state index in [1.165, 1.54) is 6.20 Å². The summed E-state index contributed by atoms with van der Waals surface area (Å²) in [4.78, 5) is 53.9. The fourth-order valence-electron chi connectivity index (χ4n) is 3.73. The van der Waals surface area contributed by atoms with Crippen LogP contribution in [0.25, 0.3) is 0 Å². The Balaban J connectivity index is 1.16. The lowest BCUT2D eigenvalue weighted by Gasteiger charge is -2.46. The fraction of sp³-hybridized carbons (Fsp3) is 0.625. The van der Waals surface area contributed by atoms with Crippen molar-refractivity contribution in [1.82, 2.24) is 20.5 Å². The number of carbonyl (C=O) groups is 4. The van der Waals surface area contributed by atoms with Gasteiger partial charge in [0.05, 0.1) is 70.9 Å². The van der Waals surface area contributed by atoms with Gasteiger partial charge in [-0.05, 0) is 12.1 Å². The minimum atomic E-state index is -0.891. The fourth-order valence-corrected chi connectivity index (χ4v) is 3.73. The van der Waals surface area contributed by atoms with Crippen molar-refractivity contribution in [1.29, 1.82) is 0 Å². The monoisotopic (exact) mass is 537 g/mol. The third-order valence-electron chi connectivity index (χ3n) is 5.83. The minimum Gasteiger partial charge on any atom is -0.481 e. The number of aliphatic carboxylic acids is 1. The molecular formula is C24H35N5O9. The highest BCUT2D eigenvalue weighted by atomic mass is 16.6. The molecule has 1 aromatic rings. The molecule has 1 aromatic heterocycles. The number of ether oxygens (including phenoxy) is 4. The summed E-state index contributed by atoms with van der Waals surface area (Å²) in [7, 11) is 0. The van der Waals surface area contributed by atoms with Crippen LogP contribution < -0.4 is 15.5 Å². The smallest absolute Gasteiger partial charge is 0.324 e. The molecule has 0 aliphatic carbocycles. The first-order valence-electron chi connectivity index (χ1n) is 12.6. The Morgan fingerprint density at radius 1 is 0.974 bits per heavy atom. The summed E-state index contributed by atoms with van der Waals surface area (Å²) in [5.74, 6) is -0.654. The Morgan fingerprint density at radius 2 is 1.61 bits per heavy atom. The molecular weight excluding hydrogens is 502 g/mol. The van der Waals surface area contributed by atoms with Crippen molar-refractivity contribution in [3.05, 3.63) is 23.9 Å². The molecule has 210 valence electrons. The summed E-state index contributed by atoms with van der Waals surface area (Å²) in [5, 5.41) is 13.6. The lowest BCUT2D eigenvalue weighted by Crippen LogP contribution is -2.65. The van der Waals surface area contributed by atoms with Crippen LogP contribution in [0.1, 0.15) is 23.2 Å². The highest BCUT2D eigenvalue weighted by Crippen LogP contribution is 2.23. The first-order valence-corrected chi connectivity index (χ1v) is 12.6. The van der Waals surface area contributed by atoms with Crippen molar-refractivity contribution >= 4 is 29.6 Å². The van der Waals surface area contributed by atoms with Gasteiger partial charge in [-0.1, -0.05) is 0 Å². The predicted molar refractivity (Wildman–Crippen MR) is 133 cm³/mol. The number of pyridine rings is 1. The predicted octanol–water partition coefficient (Wildman–Crippen LogP) is -0.517. The maximum atomic E-state index is 12.3. The molecule has 3 heterocycles. The molecule has 0 spiro atoms. The van der Waals surface area contributed by atoms with Crippen LogP contribution >= 0.6 is 0 Å². The molecule has 14 heteroatoms. The molecule has 14 nitrogen and oxygen atoms in total. The third kappa shape index (κ3) is 9.85. The summed E-state index contributed by atoms with van der Waals surface area (Å²) in [6.45, 7) is 4.85. The van der Waals surface area contributed by atoms with E-state index in [4.69, 9.17) is 24.1 Å². The van der Waals surface area contributed by atoms with Gasteiger partial charge in [-0.3, -0.25) is 19.7 Å². The third-order valence-corrected chi connectivity index (χ3v) is 5.83. The van der Waals surface area contributed by atoms with Crippen molar-refractivity contribution < 1.29 is 43.2 Å². The van der Waals surface area contributed by atoms with Crippen LogP contribution in [-0.2, 0) is 28.5 Å². The molecule has 4 amide bonds. The van der Waals surface area contributed by atoms with Crippen molar-refractivity contribution in [2.45, 2.75) is 18.9 Å². The number of carboxylic acids is 1. The molecule has 0 saturated carbocycles. The lowest BCUT2D eigenvalue weighted by atomic mass is 10.1. The van der Waals surface area contributed by atoms with Crippen LogP contribution in [0.2, 0.25) is 0 Å². The number of hydrogen-bond donors (Lipinski definition) is 3. The van der Waals surface area contributed by atoms with Gasteiger partial charge in [0.15, 0.2) is 0 Å². The molecule has 2 saturated heterocycles. The van der Waals surface area contributed by atoms with Gasteiger partial charge < -0.3 is 39.2 Å². The van der Waals surface area contributed by atoms with Crippen LogP contribution in [0.15, 0.2) is 18.3 Å². The quantitative estimate of drug-likeness (QED) is 0.206. The van der Waals surface area contributed by atoms with Gasteiger partial charge in [0.1, 0.15) is 5.82 Å². The number of carboxylic acid groups (broad SMARTS) is 1. The van der Waals surface area contributed by atoms with E-state index in [1.54, 1.807) is 17.0 Å². The Bertz CT molecular complexity index is 924. The number of nitrogens with one attached hydrogen (secondary N) is 2. The van der Waals surface area contributed by atoms with Gasteiger partial charge >= 0.3 is 12.0 Å². The Labute approximate surface area is 220 Å². The average Bonchev–Trinajstić information content (AvgIpc) is 2.86. The Hall–Kier alpha value is -3.33. The maximum absolute atomic E-state index is 12.3. The summed E-state index contributed by atoms with van der Waals surface area (Å²) >= 11 is 0. The lowest BCUT2D eigenvalue weighted by molar-refractivity contribution is -0.138. The first kappa shape index (κ1) is 29.2. The van der Waals surface area contributed by atoms with E-state index in [2.05, 4.69) is 15.6 Å². The maximum Gasteiger partial charge on any atom is 0.324 e. The van der Waals surface area contributed by atoms with Gasteiger partial charge in [0, 0.05) is 38.8 Å². The highest BCUT2D eigenvalue weighted by Gasteiger charge is 2.37.